The highest BCUT2D eigenvalue weighted by molar-refractivity contribution is 7.49. The summed E-state index contributed by atoms with van der Waals surface area (Å²) in [5.74, 6) is -1.70. The first-order chi connectivity index (χ1) is 15.7. The largest absolute Gasteiger partial charge is 0.530 e. The van der Waals surface area contributed by atoms with Crippen molar-refractivity contribution in [2.75, 3.05) is 6.56 Å². The summed E-state index contributed by atoms with van der Waals surface area (Å²) in [6.07, 6.45) is -0.553. The summed E-state index contributed by atoms with van der Waals surface area (Å²) in [5, 5.41) is 10.7. The average molecular weight is 476 g/mol. The van der Waals surface area contributed by atoms with Gasteiger partial charge in [-0.05, 0) is 18.2 Å². The zero-order valence-corrected chi connectivity index (χ0v) is 17.0. The third kappa shape index (κ3) is 4.32. The highest BCUT2D eigenvalue weighted by Crippen LogP contribution is 2.55. The van der Waals surface area contributed by atoms with Gasteiger partial charge in [0.25, 0.3) is 5.56 Å². The van der Waals surface area contributed by atoms with Crippen LogP contribution in [-0.4, -0.2) is 33.2 Å². The molecule has 31 heavy (non-hydrogen) atoms. The monoisotopic (exact) mass is 475 g/mol. The lowest BCUT2D eigenvalue weighted by atomic mass is 10.2. The molecule has 1 saturated heterocycles. The zero-order chi connectivity index (χ0) is 25.1. The Morgan fingerprint density at radius 3 is 3.10 bits per heavy atom. The Hall–Kier alpha value is -2.45. The van der Waals surface area contributed by atoms with Crippen molar-refractivity contribution in [2.24, 2.45) is 0 Å². The lowest BCUT2D eigenvalue weighted by molar-refractivity contribution is -0.179. The standard InChI is InChI=1S/C18H15ClFN2O8P/c1-2-10-7-22(17(25)21-15(10)24)16-13(23)6-18(20,29-16)9-28-31(26)27-8-11-5-12(19)3-4-14(11)30-31/h1,3-5,7,13,16,23H,6,8-9H2,(H,21,24,25)/t13-,16-,18+,31?/m1/s1/i9D2,16D. The van der Waals surface area contributed by atoms with Gasteiger partial charge in [-0.25, -0.2) is 13.8 Å². The number of ether oxygens (including phenoxy) is 1. The van der Waals surface area contributed by atoms with Crippen molar-refractivity contribution in [3.8, 4) is 18.1 Å². The number of fused-ring (bicyclic) bond motifs is 1. The van der Waals surface area contributed by atoms with Gasteiger partial charge in [0.05, 0.1) is 10.7 Å². The summed E-state index contributed by atoms with van der Waals surface area (Å²) < 4.78 is 72.9. The van der Waals surface area contributed by atoms with Crippen molar-refractivity contribution in [3.05, 3.63) is 61.4 Å². The number of aromatic amines is 1. The van der Waals surface area contributed by atoms with Gasteiger partial charge >= 0.3 is 13.5 Å². The van der Waals surface area contributed by atoms with Crippen molar-refractivity contribution >= 4 is 19.4 Å². The molecule has 2 aliphatic heterocycles. The second kappa shape index (κ2) is 7.91. The Morgan fingerprint density at radius 1 is 1.58 bits per heavy atom. The molecule has 13 heteroatoms. The molecule has 10 nitrogen and oxygen atoms in total. The van der Waals surface area contributed by atoms with Crippen molar-refractivity contribution in [1.29, 1.82) is 0 Å². The Labute approximate surface area is 183 Å². The Kier molecular flexibility index (Phi) is 4.63. The molecule has 1 unspecified atom stereocenters. The molecule has 1 aromatic carbocycles. The topological polar surface area (TPSA) is 129 Å². The summed E-state index contributed by atoms with van der Waals surface area (Å²) in [7, 11) is -4.76. The number of phosphoric ester groups is 1. The summed E-state index contributed by atoms with van der Waals surface area (Å²) >= 11 is 5.85. The van der Waals surface area contributed by atoms with Crippen LogP contribution in [0, 0.1) is 12.3 Å². The number of hydrogen-bond donors (Lipinski definition) is 2. The summed E-state index contributed by atoms with van der Waals surface area (Å²) in [6.45, 7) is -3.99. The van der Waals surface area contributed by atoms with Gasteiger partial charge in [-0.3, -0.25) is 23.4 Å². The maximum Gasteiger partial charge on any atom is 0.530 e. The molecule has 2 aliphatic rings. The van der Waals surface area contributed by atoms with Crippen molar-refractivity contribution in [3.63, 3.8) is 0 Å². The van der Waals surface area contributed by atoms with Gasteiger partial charge < -0.3 is 14.4 Å². The SMILES string of the molecule is [2H]C([2H])(OP1(=O)OCc2cc(Cl)ccc2O1)[C@]1(F)C[C@@H](O)[C@]([2H])(n2cc(C#C)c(=O)[nH]c2=O)O1. The van der Waals surface area contributed by atoms with Gasteiger partial charge in [0.2, 0.25) is 5.85 Å². The molecule has 0 radical (unpaired) electrons. The first kappa shape index (κ1) is 18.2. The quantitative estimate of drug-likeness (QED) is 0.506. The lowest BCUT2D eigenvalue weighted by Gasteiger charge is -2.27. The number of nitrogens with one attached hydrogen (secondary N) is 1. The van der Waals surface area contributed by atoms with Crippen molar-refractivity contribution in [1.82, 2.24) is 9.55 Å². The van der Waals surface area contributed by atoms with Crippen LogP contribution in [0.25, 0.3) is 0 Å². The molecule has 0 spiro atoms. The van der Waals surface area contributed by atoms with Crippen LogP contribution < -0.4 is 15.8 Å². The molecular formula is C18H15ClFN2O8P. The summed E-state index contributed by atoms with van der Waals surface area (Å²) in [6, 6.07) is 4.18. The molecule has 1 fully saturated rings. The van der Waals surface area contributed by atoms with E-state index in [0.717, 1.165) is 0 Å². The van der Waals surface area contributed by atoms with Crippen LogP contribution in [0.4, 0.5) is 4.39 Å². The molecule has 0 amide bonds. The van der Waals surface area contributed by atoms with Crippen LogP contribution in [0.5, 0.6) is 5.75 Å². The molecule has 4 rings (SSSR count). The predicted octanol–water partition coefficient (Wildman–Crippen LogP) is 1.85. The number of benzene rings is 1. The minimum absolute atomic E-state index is 0.00786. The van der Waals surface area contributed by atoms with E-state index in [4.69, 9.17) is 40.4 Å². The molecule has 0 bridgehead atoms. The lowest BCUT2D eigenvalue weighted by Crippen LogP contribution is -2.37. The highest BCUT2D eigenvalue weighted by Gasteiger charge is 2.50. The maximum absolute atomic E-state index is 15.7. The van der Waals surface area contributed by atoms with E-state index in [9.17, 15) is 19.3 Å². The molecule has 0 aliphatic carbocycles. The first-order valence-corrected chi connectivity index (χ1v) is 10.4. The fourth-order valence-corrected chi connectivity index (χ4v) is 4.14. The highest BCUT2D eigenvalue weighted by atomic mass is 35.5. The number of rotatable bonds is 4. The number of halogens is 2. The Balaban J connectivity index is 1.64. The van der Waals surface area contributed by atoms with E-state index >= 15 is 4.39 Å². The Bertz CT molecular complexity index is 1380. The van der Waals surface area contributed by atoms with Crippen LogP contribution in [-0.2, 0) is 25.0 Å². The third-order valence-electron chi connectivity index (χ3n) is 4.26. The van der Waals surface area contributed by atoms with E-state index in [1.165, 1.54) is 18.2 Å². The van der Waals surface area contributed by atoms with E-state index in [1.54, 1.807) is 4.98 Å². The van der Waals surface area contributed by atoms with E-state index in [0.29, 0.717) is 21.4 Å². The molecule has 0 saturated carbocycles. The first-order valence-electron chi connectivity index (χ1n) is 10.1. The number of aromatic nitrogens is 2. The molecule has 3 heterocycles. The van der Waals surface area contributed by atoms with E-state index in [2.05, 4.69) is 0 Å². The average Bonchev–Trinajstić information content (AvgIpc) is 2.98. The molecule has 164 valence electrons. The van der Waals surface area contributed by atoms with Crippen molar-refractivity contribution < 1.29 is 36.5 Å². The number of aliphatic hydroxyl groups is 1. The minimum atomic E-state index is -4.76. The number of hydrogen-bond acceptors (Lipinski definition) is 8. The molecular weight excluding hydrogens is 458 g/mol. The van der Waals surface area contributed by atoms with Gasteiger partial charge in [0.1, 0.15) is 24.0 Å². The summed E-state index contributed by atoms with van der Waals surface area (Å²) in [5.41, 5.74) is -2.33. The molecule has 1 aromatic heterocycles. The van der Waals surface area contributed by atoms with E-state index in [-0.39, 0.29) is 12.4 Å². The predicted molar refractivity (Wildman–Crippen MR) is 104 cm³/mol. The number of aliphatic hydroxyl groups excluding tert-OH is 1. The van der Waals surface area contributed by atoms with Gasteiger partial charge in [-0.1, -0.05) is 17.5 Å². The van der Waals surface area contributed by atoms with E-state index < -0.39 is 55.8 Å². The fourth-order valence-electron chi connectivity index (χ4n) is 2.84. The summed E-state index contributed by atoms with van der Waals surface area (Å²) in [4.78, 5) is 25.7. The number of nitrogens with zero attached hydrogens (tertiary/aromatic N) is 1. The van der Waals surface area contributed by atoms with Crippen LogP contribution in [0.15, 0.2) is 34.0 Å². The zero-order valence-electron chi connectivity index (χ0n) is 18.3. The molecule has 2 aromatic rings. The number of terminal acetylenes is 1. The van der Waals surface area contributed by atoms with Crippen molar-refractivity contribution in [2.45, 2.75) is 31.2 Å². The second-order valence-electron chi connectivity index (χ2n) is 6.46. The van der Waals surface area contributed by atoms with Gasteiger partial charge in [0.15, 0.2) is 6.20 Å². The third-order valence-corrected chi connectivity index (χ3v) is 5.68. The number of phosphoric acid groups is 1. The van der Waals surface area contributed by atoms with Gasteiger partial charge in [0, 0.05) is 23.2 Å². The van der Waals surface area contributed by atoms with E-state index in [1.807, 2.05) is 5.92 Å². The number of H-pyrrole nitrogens is 1. The molecule has 4 atom stereocenters. The van der Waals surface area contributed by atoms with Crippen LogP contribution in [0.2, 0.25) is 5.02 Å². The van der Waals surface area contributed by atoms with Crippen LogP contribution in [0.1, 0.15) is 27.9 Å². The van der Waals surface area contributed by atoms with Gasteiger partial charge in [-0.2, -0.15) is 0 Å². The smallest absolute Gasteiger partial charge is 0.404 e. The van der Waals surface area contributed by atoms with Crippen LogP contribution in [0.3, 0.4) is 0 Å². The molecule has 2 N–H and O–H groups in total. The minimum Gasteiger partial charge on any atom is -0.404 e. The second-order valence-corrected chi connectivity index (χ2v) is 8.42. The Morgan fingerprint density at radius 2 is 2.35 bits per heavy atom. The fraction of sp³-hybridized carbons (Fsp3) is 0.333. The maximum atomic E-state index is 15.7. The van der Waals surface area contributed by atoms with Crippen LogP contribution >= 0.6 is 19.4 Å². The number of alkyl halides is 1. The normalized spacial score (nSPS) is 34.0. The van der Waals surface area contributed by atoms with Gasteiger partial charge in [-0.15, -0.1) is 6.42 Å².